The molecule has 1 amide bonds. The monoisotopic (exact) mass is 371 g/mol. The van der Waals surface area contributed by atoms with Gasteiger partial charge < -0.3 is 5.32 Å². The standard InChI is InChI=1S/C14H11ClINO/c1-9-6-7-10(12(16)8-9)14(18)17-13-5-3-2-4-11(13)15/h2-8H,1H3,(H,17,18). The van der Waals surface area contributed by atoms with Crippen LogP contribution in [0.25, 0.3) is 0 Å². The molecule has 0 bridgehead atoms. The number of aryl methyl sites for hydroxylation is 1. The molecule has 0 aromatic heterocycles. The van der Waals surface area contributed by atoms with Gasteiger partial charge in [0.05, 0.1) is 16.3 Å². The van der Waals surface area contributed by atoms with Crippen LogP contribution in [0.15, 0.2) is 42.5 Å². The maximum absolute atomic E-state index is 12.1. The van der Waals surface area contributed by atoms with E-state index in [-0.39, 0.29) is 5.91 Å². The van der Waals surface area contributed by atoms with Crippen LogP contribution in [0.2, 0.25) is 5.02 Å². The molecule has 0 saturated carbocycles. The molecule has 2 aromatic carbocycles. The van der Waals surface area contributed by atoms with E-state index in [0.717, 1.165) is 9.13 Å². The highest BCUT2D eigenvalue weighted by molar-refractivity contribution is 14.1. The van der Waals surface area contributed by atoms with Gasteiger partial charge in [-0.1, -0.05) is 35.4 Å². The zero-order valence-corrected chi connectivity index (χ0v) is 12.6. The topological polar surface area (TPSA) is 29.1 Å². The Balaban J connectivity index is 2.25. The van der Waals surface area contributed by atoms with E-state index in [1.807, 2.05) is 37.3 Å². The van der Waals surface area contributed by atoms with Crippen molar-refractivity contribution < 1.29 is 4.79 Å². The first-order valence-electron chi connectivity index (χ1n) is 5.40. The second-order valence-electron chi connectivity index (χ2n) is 3.92. The molecule has 0 heterocycles. The first kappa shape index (κ1) is 13.4. The summed E-state index contributed by atoms with van der Waals surface area (Å²) in [6.07, 6.45) is 0. The summed E-state index contributed by atoms with van der Waals surface area (Å²) in [5.74, 6) is -0.146. The SMILES string of the molecule is Cc1ccc(C(=O)Nc2ccccc2Cl)c(I)c1. The van der Waals surface area contributed by atoms with Gasteiger partial charge in [0.2, 0.25) is 0 Å². The predicted molar refractivity (Wildman–Crippen MR) is 83.3 cm³/mol. The van der Waals surface area contributed by atoms with Crippen molar-refractivity contribution in [2.45, 2.75) is 6.92 Å². The maximum Gasteiger partial charge on any atom is 0.256 e. The Morgan fingerprint density at radius 2 is 1.94 bits per heavy atom. The number of amides is 1. The molecule has 0 aliphatic rings. The highest BCUT2D eigenvalue weighted by Crippen LogP contribution is 2.22. The molecule has 2 nitrogen and oxygen atoms in total. The van der Waals surface area contributed by atoms with Crippen LogP contribution in [0.4, 0.5) is 5.69 Å². The molecule has 0 fully saturated rings. The van der Waals surface area contributed by atoms with Gasteiger partial charge in [0.25, 0.3) is 5.91 Å². The largest absolute Gasteiger partial charge is 0.321 e. The lowest BCUT2D eigenvalue weighted by Crippen LogP contribution is -2.13. The van der Waals surface area contributed by atoms with Crippen LogP contribution < -0.4 is 5.32 Å². The van der Waals surface area contributed by atoms with Gasteiger partial charge in [-0.3, -0.25) is 4.79 Å². The summed E-state index contributed by atoms with van der Waals surface area (Å²) in [6.45, 7) is 2.00. The molecular weight excluding hydrogens is 361 g/mol. The van der Waals surface area contributed by atoms with Gasteiger partial charge in [-0.25, -0.2) is 0 Å². The van der Waals surface area contributed by atoms with Gasteiger partial charge in [0.1, 0.15) is 0 Å². The molecule has 0 unspecified atom stereocenters. The van der Waals surface area contributed by atoms with Crippen molar-refractivity contribution in [2.24, 2.45) is 0 Å². The van der Waals surface area contributed by atoms with Crippen LogP contribution in [0.5, 0.6) is 0 Å². The lowest BCUT2D eigenvalue weighted by Gasteiger charge is -2.08. The van der Waals surface area contributed by atoms with Gasteiger partial charge >= 0.3 is 0 Å². The van der Waals surface area contributed by atoms with Crippen LogP contribution in [-0.4, -0.2) is 5.91 Å². The molecule has 0 aliphatic heterocycles. The average Bonchev–Trinajstić information content (AvgIpc) is 2.32. The summed E-state index contributed by atoms with van der Waals surface area (Å²) >= 11 is 8.16. The van der Waals surface area contributed by atoms with Gasteiger partial charge in [0.15, 0.2) is 0 Å². The second-order valence-corrected chi connectivity index (χ2v) is 5.49. The van der Waals surface area contributed by atoms with Crippen molar-refractivity contribution in [3.05, 3.63) is 62.2 Å². The van der Waals surface area contributed by atoms with Crippen molar-refractivity contribution in [3.63, 3.8) is 0 Å². The third-order valence-electron chi connectivity index (χ3n) is 2.49. The molecule has 1 N–H and O–H groups in total. The van der Waals surface area contributed by atoms with Crippen LogP contribution in [-0.2, 0) is 0 Å². The Labute approximate surface area is 124 Å². The minimum atomic E-state index is -0.146. The number of nitrogens with one attached hydrogen (secondary N) is 1. The van der Waals surface area contributed by atoms with Gasteiger partial charge in [-0.2, -0.15) is 0 Å². The Bertz CT molecular complexity index is 598. The van der Waals surface area contributed by atoms with Gasteiger partial charge in [0, 0.05) is 3.57 Å². The number of hydrogen-bond donors (Lipinski definition) is 1. The molecule has 92 valence electrons. The van der Waals surface area contributed by atoms with Crippen molar-refractivity contribution in [3.8, 4) is 0 Å². The van der Waals surface area contributed by atoms with Crippen LogP contribution >= 0.6 is 34.2 Å². The molecule has 18 heavy (non-hydrogen) atoms. The van der Waals surface area contributed by atoms with E-state index in [0.29, 0.717) is 16.3 Å². The Kier molecular flexibility index (Phi) is 4.24. The lowest BCUT2D eigenvalue weighted by atomic mass is 10.1. The van der Waals surface area contributed by atoms with Gasteiger partial charge in [-0.15, -0.1) is 0 Å². The quantitative estimate of drug-likeness (QED) is 0.774. The van der Waals surface area contributed by atoms with E-state index in [9.17, 15) is 4.79 Å². The van der Waals surface area contributed by atoms with Crippen molar-refractivity contribution in [1.29, 1.82) is 0 Å². The lowest BCUT2D eigenvalue weighted by molar-refractivity contribution is 0.102. The number of rotatable bonds is 2. The van der Waals surface area contributed by atoms with Crippen LogP contribution in [0, 0.1) is 10.5 Å². The smallest absolute Gasteiger partial charge is 0.256 e. The van der Waals surface area contributed by atoms with Gasteiger partial charge in [-0.05, 0) is 53.8 Å². The molecule has 4 heteroatoms. The van der Waals surface area contributed by atoms with E-state index < -0.39 is 0 Å². The number of para-hydroxylation sites is 1. The highest BCUT2D eigenvalue weighted by Gasteiger charge is 2.11. The average molecular weight is 372 g/mol. The molecule has 0 aliphatic carbocycles. The minimum Gasteiger partial charge on any atom is -0.321 e. The fraction of sp³-hybridized carbons (Fsp3) is 0.0714. The Hall–Kier alpha value is -1.07. The van der Waals surface area contributed by atoms with E-state index >= 15 is 0 Å². The normalized spacial score (nSPS) is 10.2. The number of benzene rings is 2. The Morgan fingerprint density at radius 3 is 2.61 bits per heavy atom. The summed E-state index contributed by atoms with van der Waals surface area (Å²) in [5, 5.41) is 3.35. The zero-order chi connectivity index (χ0) is 13.1. The molecule has 0 radical (unpaired) electrons. The van der Waals surface area contributed by atoms with Crippen molar-refractivity contribution >= 4 is 45.8 Å². The molecule has 0 saturated heterocycles. The predicted octanol–water partition coefficient (Wildman–Crippen LogP) is 4.51. The number of carbonyl (C=O) groups is 1. The summed E-state index contributed by atoms with van der Waals surface area (Å²) in [6, 6.07) is 12.9. The van der Waals surface area contributed by atoms with E-state index in [1.165, 1.54) is 0 Å². The first-order chi connectivity index (χ1) is 8.58. The van der Waals surface area contributed by atoms with Crippen molar-refractivity contribution in [2.75, 3.05) is 5.32 Å². The summed E-state index contributed by atoms with van der Waals surface area (Å²) in [7, 11) is 0. The highest BCUT2D eigenvalue weighted by atomic mass is 127. The third-order valence-corrected chi connectivity index (χ3v) is 3.71. The van der Waals surface area contributed by atoms with Crippen LogP contribution in [0.1, 0.15) is 15.9 Å². The van der Waals surface area contributed by atoms with E-state index in [1.54, 1.807) is 12.1 Å². The summed E-state index contributed by atoms with van der Waals surface area (Å²) < 4.78 is 0.928. The number of hydrogen-bond acceptors (Lipinski definition) is 1. The number of halogens is 2. The zero-order valence-electron chi connectivity index (χ0n) is 9.71. The number of anilines is 1. The molecule has 2 rings (SSSR count). The first-order valence-corrected chi connectivity index (χ1v) is 6.85. The van der Waals surface area contributed by atoms with Crippen LogP contribution in [0.3, 0.4) is 0 Å². The fourth-order valence-electron chi connectivity index (χ4n) is 1.56. The molecule has 0 spiro atoms. The second kappa shape index (κ2) is 5.71. The molecular formula is C14H11ClINO. The molecule has 2 aromatic rings. The van der Waals surface area contributed by atoms with Crippen molar-refractivity contribution in [1.82, 2.24) is 0 Å². The summed E-state index contributed by atoms with van der Waals surface area (Å²) in [4.78, 5) is 12.1. The van der Waals surface area contributed by atoms with E-state index in [2.05, 4.69) is 27.9 Å². The Morgan fingerprint density at radius 1 is 1.22 bits per heavy atom. The fourth-order valence-corrected chi connectivity index (χ4v) is 2.66. The molecule has 0 atom stereocenters. The minimum absolute atomic E-state index is 0.146. The maximum atomic E-state index is 12.1. The van der Waals surface area contributed by atoms with E-state index in [4.69, 9.17) is 11.6 Å². The number of carbonyl (C=O) groups excluding carboxylic acids is 1. The third kappa shape index (κ3) is 3.03. The summed E-state index contributed by atoms with van der Waals surface area (Å²) in [5.41, 5.74) is 2.41.